The quantitative estimate of drug-likeness (QED) is 0.716. The molecule has 0 aliphatic heterocycles. The van der Waals surface area contributed by atoms with Gasteiger partial charge >= 0.3 is 0 Å². The number of rotatable bonds is 2. The summed E-state index contributed by atoms with van der Waals surface area (Å²) in [5.41, 5.74) is -0.913. The fourth-order valence-electron chi connectivity index (χ4n) is 2.36. The molecule has 0 saturated heterocycles. The summed E-state index contributed by atoms with van der Waals surface area (Å²) < 4.78 is 18.9. The minimum atomic E-state index is -0.837. The van der Waals surface area contributed by atoms with Crippen LogP contribution in [0.3, 0.4) is 0 Å². The highest BCUT2D eigenvalue weighted by atomic mass is 19.1. The van der Waals surface area contributed by atoms with Crippen LogP contribution < -0.4 is 0 Å². The van der Waals surface area contributed by atoms with E-state index in [1.165, 1.54) is 18.3 Å². The van der Waals surface area contributed by atoms with Gasteiger partial charge in [-0.15, -0.1) is 0 Å². The van der Waals surface area contributed by atoms with Crippen LogP contribution in [0.4, 0.5) is 4.39 Å². The molecule has 0 radical (unpaired) electrons. The van der Waals surface area contributed by atoms with Crippen LogP contribution in [0.25, 0.3) is 4.85 Å². The standard InChI is InChI=1S/C12H13FN2O/c1-11(16-3)7-12(8-11,14-2)10-9(13)5-4-6-15-10/h4-6H,7-8H2,1,3H3. The van der Waals surface area contributed by atoms with E-state index in [0.29, 0.717) is 12.8 Å². The van der Waals surface area contributed by atoms with Gasteiger partial charge in [0.25, 0.3) is 5.54 Å². The van der Waals surface area contributed by atoms with Gasteiger partial charge in [-0.1, -0.05) is 0 Å². The number of hydrogen-bond donors (Lipinski definition) is 0. The van der Waals surface area contributed by atoms with Crippen LogP contribution in [-0.4, -0.2) is 17.7 Å². The zero-order chi connectivity index (χ0) is 11.8. The maximum Gasteiger partial charge on any atom is 0.282 e. The van der Waals surface area contributed by atoms with E-state index >= 15 is 0 Å². The molecular weight excluding hydrogens is 207 g/mol. The van der Waals surface area contributed by atoms with E-state index < -0.39 is 11.4 Å². The average molecular weight is 220 g/mol. The summed E-state index contributed by atoms with van der Waals surface area (Å²) in [4.78, 5) is 7.57. The summed E-state index contributed by atoms with van der Waals surface area (Å²) in [6.07, 6.45) is 2.51. The Balaban J connectivity index is 2.34. The monoisotopic (exact) mass is 220 g/mol. The maximum absolute atomic E-state index is 13.6. The summed E-state index contributed by atoms with van der Waals surface area (Å²) >= 11 is 0. The Kier molecular flexibility index (Phi) is 2.43. The van der Waals surface area contributed by atoms with Crippen molar-refractivity contribution in [2.24, 2.45) is 0 Å². The first-order valence-electron chi connectivity index (χ1n) is 5.10. The van der Waals surface area contributed by atoms with Crippen LogP contribution in [0, 0.1) is 12.4 Å². The second-order valence-electron chi connectivity index (χ2n) is 4.48. The SMILES string of the molecule is [C-]#[N+]C1(c2ncccc2F)CC(C)(OC)C1. The Morgan fingerprint density at radius 2 is 2.25 bits per heavy atom. The van der Waals surface area contributed by atoms with Crippen LogP contribution in [0.15, 0.2) is 18.3 Å². The van der Waals surface area contributed by atoms with Crippen molar-refractivity contribution in [3.05, 3.63) is 41.3 Å². The second kappa shape index (κ2) is 3.53. The fourth-order valence-corrected chi connectivity index (χ4v) is 2.36. The molecule has 0 bridgehead atoms. The number of hydrogen-bond acceptors (Lipinski definition) is 2. The smallest absolute Gasteiger partial charge is 0.282 e. The van der Waals surface area contributed by atoms with Crippen LogP contribution in [0.5, 0.6) is 0 Å². The number of pyridine rings is 1. The summed E-state index contributed by atoms with van der Waals surface area (Å²) in [5, 5.41) is 0. The van der Waals surface area contributed by atoms with Crippen LogP contribution in [0.2, 0.25) is 0 Å². The molecule has 1 aromatic rings. The molecule has 84 valence electrons. The summed E-state index contributed by atoms with van der Waals surface area (Å²) in [7, 11) is 1.61. The van der Waals surface area contributed by atoms with E-state index in [4.69, 9.17) is 11.3 Å². The molecule has 0 aromatic carbocycles. The van der Waals surface area contributed by atoms with Crippen LogP contribution >= 0.6 is 0 Å². The van der Waals surface area contributed by atoms with Gasteiger partial charge in [0.1, 0.15) is 0 Å². The lowest BCUT2D eigenvalue weighted by molar-refractivity contribution is -0.0941. The Hall–Kier alpha value is -1.47. The Morgan fingerprint density at radius 3 is 2.75 bits per heavy atom. The van der Waals surface area contributed by atoms with Crippen LogP contribution in [-0.2, 0) is 10.3 Å². The lowest BCUT2D eigenvalue weighted by Crippen LogP contribution is -2.52. The summed E-state index contributed by atoms with van der Waals surface area (Å²) in [6.45, 7) is 9.18. The third kappa shape index (κ3) is 1.48. The first-order valence-corrected chi connectivity index (χ1v) is 5.10. The topological polar surface area (TPSA) is 26.5 Å². The Morgan fingerprint density at radius 1 is 1.56 bits per heavy atom. The molecule has 3 nitrogen and oxygen atoms in total. The number of nitrogens with zero attached hydrogens (tertiary/aromatic N) is 2. The highest BCUT2D eigenvalue weighted by molar-refractivity contribution is 5.30. The predicted octanol–water partition coefficient (Wildman–Crippen LogP) is 2.53. The highest BCUT2D eigenvalue weighted by Gasteiger charge is 2.61. The van der Waals surface area contributed by atoms with E-state index in [2.05, 4.69) is 9.83 Å². The zero-order valence-electron chi connectivity index (χ0n) is 9.33. The maximum atomic E-state index is 13.6. The minimum Gasteiger partial charge on any atom is -0.378 e. The predicted molar refractivity (Wildman–Crippen MR) is 57.1 cm³/mol. The van der Waals surface area contributed by atoms with Gasteiger partial charge in [0.2, 0.25) is 0 Å². The Bertz CT molecular complexity index is 447. The largest absolute Gasteiger partial charge is 0.378 e. The lowest BCUT2D eigenvalue weighted by Gasteiger charge is -2.44. The molecule has 1 saturated carbocycles. The minimum absolute atomic E-state index is 0.250. The van der Waals surface area contributed by atoms with Gasteiger partial charge in [-0.3, -0.25) is 0 Å². The lowest BCUT2D eigenvalue weighted by atomic mass is 9.64. The average Bonchev–Trinajstić information content (AvgIpc) is 2.25. The molecular formula is C12H13FN2O. The van der Waals surface area contributed by atoms with E-state index in [-0.39, 0.29) is 11.3 Å². The molecule has 4 heteroatoms. The third-order valence-corrected chi connectivity index (χ3v) is 3.24. The van der Waals surface area contributed by atoms with Crippen molar-refractivity contribution in [2.45, 2.75) is 30.9 Å². The molecule has 1 aromatic heterocycles. The van der Waals surface area contributed by atoms with Gasteiger partial charge in [0.15, 0.2) is 11.5 Å². The zero-order valence-corrected chi connectivity index (χ0v) is 9.33. The van der Waals surface area contributed by atoms with Gasteiger partial charge in [-0.05, 0) is 19.1 Å². The van der Waals surface area contributed by atoms with Gasteiger partial charge < -0.3 is 9.58 Å². The fraction of sp³-hybridized carbons (Fsp3) is 0.500. The molecule has 0 unspecified atom stereocenters. The Labute approximate surface area is 94.1 Å². The molecule has 16 heavy (non-hydrogen) atoms. The van der Waals surface area contributed by atoms with E-state index in [9.17, 15) is 4.39 Å². The van der Waals surface area contributed by atoms with Crippen molar-refractivity contribution >= 4 is 0 Å². The third-order valence-electron chi connectivity index (χ3n) is 3.24. The van der Waals surface area contributed by atoms with Gasteiger partial charge in [-0.2, -0.15) is 0 Å². The first-order chi connectivity index (χ1) is 7.55. The van der Waals surface area contributed by atoms with Crippen molar-refractivity contribution in [1.29, 1.82) is 0 Å². The molecule has 0 amide bonds. The van der Waals surface area contributed by atoms with Gasteiger partial charge in [0.05, 0.1) is 18.4 Å². The van der Waals surface area contributed by atoms with Crippen molar-refractivity contribution < 1.29 is 9.13 Å². The van der Waals surface area contributed by atoms with Crippen molar-refractivity contribution in [3.63, 3.8) is 0 Å². The van der Waals surface area contributed by atoms with Gasteiger partial charge in [-0.25, -0.2) is 15.9 Å². The second-order valence-corrected chi connectivity index (χ2v) is 4.48. The summed E-state index contributed by atoms with van der Waals surface area (Å²) in [5.74, 6) is -0.406. The normalized spacial score (nSPS) is 32.9. The number of ether oxygens (including phenoxy) is 1. The van der Waals surface area contributed by atoms with Crippen molar-refractivity contribution in [1.82, 2.24) is 4.98 Å². The molecule has 1 aliphatic rings. The molecule has 0 spiro atoms. The molecule has 0 N–H and O–H groups in total. The van der Waals surface area contributed by atoms with Crippen LogP contribution in [0.1, 0.15) is 25.5 Å². The molecule has 0 atom stereocenters. The molecule has 1 fully saturated rings. The summed E-state index contributed by atoms with van der Waals surface area (Å²) in [6, 6.07) is 2.88. The van der Waals surface area contributed by atoms with E-state index in [1.54, 1.807) is 7.11 Å². The van der Waals surface area contributed by atoms with E-state index in [1.807, 2.05) is 6.92 Å². The number of aromatic nitrogens is 1. The number of methoxy groups -OCH3 is 1. The van der Waals surface area contributed by atoms with Crippen molar-refractivity contribution in [2.75, 3.05) is 7.11 Å². The highest BCUT2D eigenvalue weighted by Crippen LogP contribution is 2.52. The molecule has 1 heterocycles. The molecule has 1 aliphatic carbocycles. The number of halogens is 1. The first kappa shape index (κ1) is 11.0. The van der Waals surface area contributed by atoms with Gasteiger partial charge in [0, 0.05) is 13.3 Å². The van der Waals surface area contributed by atoms with E-state index in [0.717, 1.165) is 0 Å². The van der Waals surface area contributed by atoms with Crippen molar-refractivity contribution in [3.8, 4) is 0 Å². The molecule has 2 rings (SSSR count).